The lowest BCUT2D eigenvalue weighted by atomic mass is 9.96. The summed E-state index contributed by atoms with van der Waals surface area (Å²) in [6.45, 7) is 0. The highest BCUT2D eigenvalue weighted by Crippen LogP contribution is 2.40. The Morgan fingerprint density at radius 2 is 1.33 bits per heavy atom. The smallest absolute Gasteiger partial charge is 0.159 e. The van der Waals surface area contributed by atoms with Crippen LogP contribution in [0.25, 0.3) is 82.3 Å². The van der Waals surface area contributed by atoms with Gasteiger partial charge in [-0.05, 0) is 65.4 Å². The molecule has 7 aromatic carbocycles. The minimum absolute atomic E-state index is 0.0720. The molecule has 0 radical (unpaired) electrons. The van der Waals surface area contributed by atoms with Gasteiger partial charge in [0.25, 0.3) is 0 Å². The van der Waals surface area contributed by atoms with Crippen molar-refractivity contribution in [2.75, 3.05) is 0 Å². The summed E-state index contributed by atoms with van der Waals surface area (Å²) in [7, 11) is 0. The topological polar surface area (TPSA) is 54.5 Å². The van der Waals surface area contributed by atoms with Gasteiger partial charge in [-0.2, -0.15) is 0 Å². The predicted octanol–water partition coefficient (Wildman–Crippen LogP) is 11.0. The molecule has 57 heavy (non-hydrogen) atoms. The Labute approximate surface area is 332 Å². The Balaban J connectivity index is 1.00. The van der Waals surface area contributed by atoms with Crippen molar-refractivity contribution in [3.05, 3.63) is 185 Å². The Morgan fingerprint density at radius 3 is 2.14 bits per heavy atom. The maximum absolute atomic E-state index is 6.89. The van der Waals surface area contributed by atoms with Gasteiger partial charge in [0.2, 0.25) is 0 Å². The molecule has 2 aliphatic rings. The maximum Gasteiger partial charge on any atom is 0.159 e. The fourth-order valence-corrected chi connectivity index (χ4v) is 10.5. The maximum atomic E-state index is 6.89. The van der Waals surface area contributed by atoms with Gasteiger partial charge in [-0.15, -0.1) is 11.3 Å². The zero-order valence-corrected chi connectivity index (χ0v) is 31.8. The average Bonchev–Trinajstić information content (AvgIpc) is 3.96. The Kier molecular flexibility index (Phi) is 7.37. The molecular formula is C51H36N4OS. The SMILES string of the molecule is C1=c2sc3c(-c4ccc5c(c4)oc4c(-n6c7ccccc7c7ccccc76)cccc45)cccc3c2=C(C2N=C(c3ccccc3)NC(c3ccccc3)N2)CC1. The van der Waals surface area contributed by atoms with Gasteiger partial charge in [0.05, 0.1) is 16.7 Å². The number of fused-ring (bicyclic) bond motifs is 9. The van der Waals surface area contributed by atoms with Crippen LogP contribution in [0.5, 0.6) is 0 Å². The number of para-hydroxylation sites is 3. The van der Waals surface area contributed by atoms with E-state index < -0.39 is 0 Å². The fourth-order valence-electron chi connectivity index (χ4n) is 9.20. The molecule has 0 saturated carbocycles. The lowest BCUT2D eigenvalue weighted by molar-refractivity contribution is 0.444. The van der Waals surface area contributed by atoms with Crippen molar-refractivity contribution in [3.8, 4) is 16.8 Å². The molecular weight excluding hydrogens is 717 g/mol. The summed E-state index contributed by atoms with van der Waals surface area (Å²) in [6.07, 6.45) is 4.12. The zero-order chi connectivity index (χ0) is 37.5. The minimum atomic E-state index is -0.170. The van der Waals surface area contributed by atoms with E-state index in [0.717, 1.165) is 57.4 Å². The lowest BCUT2D eigenvalue weighted by Gasteiger charge is -2.33. The molecule has 1 aliphatic heterocycles. The molecule has 2 unspecified atom stereocenters. The molecule has 10 aromatic rings. The summed E-state index contributed by atoms with van der Waals surface area (Å²) in [6, 6.07) is 58.4. The van der Waals surface area contributed by atoms with Crippen LogP contribution >= 0.6 is 11.3 Å². The standard InChI is InChI=1S/C51H36N4OS/c1-3-14-31(15-4-1)49-52-50(32-16-5-2-6-17-32)54-51(53-49)40-23-13-27-45-46(40)39-22-11-20-34(48(39)57-45)33-28-29-37-38-21-12-26-43(47(38)56-44(37)30-33)55-41-24-9-7-18-35(41)36-19-8-10-25-42(36)55/h1-12,14-22,24-30,49,51,53H,13,23H2,(H,52,54). The molecule has 12 rings (SSSR count). The van der Waals surface area contributed by atoms with Gasteiger partial charge >= 0.3 is 0 Å². The van der Waals surface area contributed by atoms with Crippen molar-refractivity contribution >= 4 is 82.7 Å². The van der Waals surface area contributed by atoms with E-state index in [0.29, 0.717) is 0 Å². The normalized spacial score (nSPS) is 16.9. The Hall–Kier alpha value is -6.73. The molecule has 3 aromatic heterocycles. The highest BCUT2D eigenvalue weighted by Gasteiger charge is 2.28. The molecule has 0 bridgehead atoms. The van der Waals surface area contributed by atoms with Crippen LogP contribution in [0.4, 0.5) is 0 Å². The number of aromatic nitrogens is 1. The van der Waals surface area contributed by atoms with Gasteiger partial charge in [0.1, 0.15) is 23.8 Å². The van der Waals surface area contributed by atoms with E-state index in [-0.39, 0.29) is 12.3 Å². The van der Waals surface area contributed by atoms with Gasteiger partial charge in [-0.1, -0.05) is 140 Å². The van der Waals surface area contributed by atoms with Crippen LogP contribution in [0.1, 0.15) is 30.1 Å². The fraction of sp³-hybridized carbons (Fsp3) is 0.0784. The third kappa shape index (κ3) is 5.15. The number of benzene rings is 7. The minimum Gasteiger partial charge on any atom is -0.454 e. The molecule has 272 valence electrons. The second-order valence-electron chi connectivity index (χ2n) is 15.0. The Bertz CT molecular complexity index is 3320. The second-order valence-corrected chi connectivity index (χ2v) is 16.1. The van der Waals surface area contributed by atoms with E-state index in [9.17, 15) is 0 Å². The predicted molar refractivity (Wildman–Crippen MR) is 237 cm³/mol. The van der Waals surface area contributed by atoms with Crippen molar-refractivity contribution in [2.24, 2.45) is 4.99 Å². The van der Waals surface area contributed by atoms with Crippen LogP contribution in [0.3, 0.4) is 0 Å². The number of furan rings is 1. The Morgan fingerprint density at radius 1 is 0.632 bits per heavy atom. The van der Waals surface area contributed by atoms with Crippen LogP contribution < -0.4 is 20.4 Å². The molecule has 6 heteroatoms. The monoisotopic (exact) mass is 752 g/mol. The van der Waals surface area contributed by atoms with Crippen LogP contribution in [0, 0.1) is 0 Å². The number of thiophene rings is 1. The first kappa shape index (κ1) is 32.5. The van der Waals surface area contributed by atoms with Gasteiger partial charge in [-0.25, -0.2) is 4.99 Å². The van der Waals surface area contributed by atoms with E-state index in [1.165, 1.54) is 58.3 Å². The molecule has 2 N–H and O–H groups in total. The van der Waals surface area contributed by atoms with Crippen molar-refractivity contribution < 1.29 is 4.42 Å². The summed E-state index contributed by atoms with van der Waals surface area (Å²) in [5.41, 5.74) is 11.2. The van der Waals surface area contributed by atoms with Gasteiger partial charge in [0, 0.05) is 46.9 Å². The molecule has 0 fully saturated rings. The molecule has 5 nitrogen and oxygen atoms in total. The number of hydrogen-bond donors (Lipinski definition) is 2. The van der Waals surface area contributed by atoms with Gasteiger partial charge in [-0.3, -0.25) is 5.32 Å². The summed E-state index contributed by atoms with van der Waals surface area (Å²) in [4.78, 5) is 5.37. The highest BCUT2D eigenvalue weighted by molar-refractivity contribution is 7.17. The average molecular weight is 753 g/mol. The van der Waals surface area contributed by atoms with E-state index in [2.05, 4.69) is 185 Å². The van der Waals surface area contributed by atoms with E-state index in [1.54, 1.807) is 0 Å². The summed E-state index contributed by atoms with van der Waals surface area (Å²) in [5, 5.41) is 14.9. The van der Waals surface area contributed by atoms with Crippen LogP contribution in [-0.4, -0.2) is 16.6 Å². The first-order chi connectivity index (χ1) is 28.3. The zero-order valence-electron chi connectivity index (χ0n) is 30.9. The van der Waals surface area contributed by atoms with Crippen LogP contribution in [-0.2, 0) is 0 Å². The third-order valence-electron chi connectivity index (χ3n) is 11.8. The second kappa shape index (κ2) is 12.9. The highest BCUT2D eigenvalue weighted by atomic mass is 32.1. The molecule has 1 aliphatic carbocycles. The van der Waals surface area contributed by atoms with Crippen molar-refractivity contribution in [1.82, 2.24) is 15.2 Å². The summed E-state index contributed by atoms with van der Waals surface area (Å²) < 4.78 is 11.9. The van der Waals surface area contributed by atoms with E-state index in [1.807, 2.05) is 11.3 Å². The summed E-state index contributed by atoms with van der Waals surface area (Å²) >= 11 is 1.89. The third-order valence-corrected chi connectivity index (χ3v) is 13.0. The molecule has 0 amide bonds. The number of nitrogens with one attached hydrogen (secondary N) is 2. The molecule has 2 atom stereocenters. The van der Waals surface area contributed by atoms with Crippen molar-refractivity contribution in [2.45, 2.75) is 25.2 Å². The molecule has 0 spiro atoms. The van der Waals surface area contributed by atoms with Crippen molar-refractivity contribution in [1.29, 1.82) is 0 Å². The lowest BCUT2D eigenvalue weighted by Crippen LogP contribution is -2.50. The number of rotatable bonds is 5. The first-order valence-electron chi connectivity index (χ1n) is 19.7. The molecule has 4 heterocycles. The number of hydrogen-bond acceptors (Lipinski definition) is 5. The van der Waals surface area contributed by atoms with Crippen LogP contribution in [0.15, 0.2) is 173 Å². The van der Waals surface area contributed by atoms with Gasteiger partial charge < -0.3 is 14.3 Å². The summed E-state index contributed by atoms with van der Waals surface area (Å²) in [5.74, 6) is 0.914. The van der Waals surface area contributed by atoms with Crippen molar-refractivity contribution in [3.63, 3.8) is 0 Å². The van der Waals surface area contributed by atoms with Crippen LogP contribution in [0.2, 0.25) is 0 Å². The first-order valence-corrected chi connectivity index (χ1v) is 20.5. The number of amidine groups is 1. The molecule has 0 saturated heterocycles. The van der Waals surface area contributed by atoms with E-state index >= 15 is 0 Å². The van der Waals surface area contributed by atoms with Gasteiger partial charge in [0.15, 0.2) is 5.58 Å². The number of nitrogens with zero attached hydrogens (tertiary/aromatic N) is 2. The largest absolute Gasteiger partial charge is 0.454 e. The quantitative estimate of drug-likeness (QED) is 0.184. The number of aliphatic imine (C=N–C) groups is 1. The van der Waals surface area contributed by atoms with E-state index in [4.69, 9.17) is 9.41 Å².